The summed E-state index contributed by atoms with van der Waals surface area (Å²) in [6.07, 6.45) is 0. The number of benzene rings is 1. The van der Waals surface area contributed by atoms with Crippen LogP contribution >= 0.6 is 0 Å². The first kappa shape index (κ1) is 12.8. The van der Waals surface area contributed by atoms with Crippen LogP contribution in [0.4, 0.5) is 0 Å². The van der Waals surface area contributed by atoms with Crippen LogP contribution in [0.2, 0.25) is 0 Å². The second kappa shape index (κ2) is 4.91. The Morgan fingerprint density at radius 1 is 0.944 bits per heavy atom. The lowest BCUT2D eigenvalue weighted by atomic mass is 9.94. The lowest BCUT2D eigenvalue weighted by molar-refractivity contribution is 0.849. The summed E-state index contributed by atoms with van der Waals surface area (Å²) in [6.45, 7) is 8.22. The number of hydrogen-bond donors (Lipinski definition) is 1. The van der Waals surface area contributed by atoms with Crippen molar-refractivity contribution >= 4 is 0 Å². The van der Waals surface area contributed by atoms with E-state index in [2.05, 4.69) is 49.2 Å². The van der Waals surface area contributed by atoms with Crippen molar-refractivity contribution in [1.82, 2.24) is 4.98 Å². The van der Waals surface area contributed by atoms with Gasteiger partial charge >= 0.3 is 0 Å². The Kier molecular flexibility index (Phi) is 3.48. The maximum absolute atomic E-state index is 6.40. The number of aromatic nitrogens is 1. The van der Waals surface area contributed by atoms with E-state index in [0.29, 0.717) is 0 Å². The van der Waals surface area contributed by atoms with Crippen LogP contribution in [-0.2, 0) is 0 Å². The van der Waals surface area contributed by atoms with Crippen LogP contribution in [0.3, 0.4) is 0 Å². The van der Waals surface area contributed by atoms with Crippen LogP contribution in [0.25, 0.3) is 0 Å². The molecule has 2 heteroatoms. The average Bonchev–Trinajstić information content (AvgIpc) is 2.30. The fourth-order valence-electron chi connectivity index (χ4n) is 2.32. The van der Waals surface area contributed by atoms with Crippen molar-refractivity contribution in [2.24, 2.45) is 5.73 Å². The molecule has 0 aliphatic rings. The smallest absolute Gasteiger partial charge is 0.0555 e. The molecule has 0 saturated heterocycles. The normalized spacial score (nSPS) is 12.5. The van der Waals surface area contributed by atoms with Gasteiger partial charge in [0.15, 0.2) is 0 Å². The minimum Gasteiger partial charge on any atom is -0.320 e. The molecule has 0 bridgehead atoms. The Hall–Kier alpha value is -1.67. The molecule has 1 atom stereocenters. The van der Waals surface area contributed by atoms with Crippen LogP contribution in [0.5, 0.6) is 0 Å². The highest BCUT2D eigenvalue weighted by atomic mass is 14.7. The summed E-state index contributed by atoms with van der Waals surface area (Å²) in [4.78, 5) is 4.39. The zero-order chi connectivity index (χ0) is 13.3. The summed E-state index contributed by atoms with van der Waals surface area (Å²) in [5, 5.41) is 0. The first-order valence-electron chi connectivity index (χ1n) is 6.25. The minimum absolute atomic E-state index is 0.0784. The maximum Gasteiger partial charge on any atom is 0.0555 e. The maximum atomic E-state index is 6.40. The van der Waals surface area contributed by atoms with Gasteiger partial charge in [-0.25, -0.2) is 0 Å². The van der Waals surface area contributed by atoms with Crippen molar-refractivity contribution in [3.63, 3.8) is 0 Å². The lowest BCUT2D eigenvalue weighted by Gasteiger charge is -2.17. The van der Waals surface area contributed by atoms with E-state index in [9.17, 15) is 0 Å². The molecule has 1 aromatic heterocycles. The van der Waals surface area contributed by atoms with Crippen molar-refractivity contribution in [3.8, 4) is 0 Å². The largest absolute Gasteiger partial charge is 0.320 e. The molecule has 2 aromatic rings. The molecule has 2 N–H and O–H groups in total. The molecule has 0 radical (unpaired) electrons. The van der Waals surface area contributed by atoms with Crippen molar-refractivity contribution in [1.29, 1.82) is 0 Å². The quantitative estimate of drug-likeness (QED) is 0.874. The standard InChI is InChI=1S/C16H20N2/c1-10-5-6-11(2)15(7-10)16(17)14-8-12(3)18-13(4)9-14/h5-9,16H,17H2,1-4H3. The third-order valence-corrected chi connectivity index (χ3v) is 3.23. The Morgan fingerprint density at radius 3 is 2.17 bits per heavy atom. The fraction of sp³-hybridized carbons (Fsp3) is 0.312. The first-order chi connectivity index (χ1) is 8.47. The van der Waals surface area contributed by atoms with E-state index >= 15 is 0 Å². The lowest BCUT2D eigenvalue weighted by Crippen LogP contribution is -2.14. The molecule has 0 saturated carbocycles. The Morgan fingerprint density at radius 2 is 1.56 bits per heavy atom. The number of nitrogens with two attached hydrogens (primary N) is 1. The van der Waals surface area contributed by atoms with Gasteiger partial charge in [0, 0.05) is 11.4 Å². The SMILES string of the molecule is Cc1ccc(C)c(C(N)c2cc(C)nc(C)c2)c1. The molecule has 2 nitrogen and oxygen atoms in total. The fourth-order valence-corrected chi connectivity index (χ4v) is 2.32. The van der Waals surface area contributed by atoms with E-state index in [1.54, 1.807) is 0 Å². The molecule has 1 unspecified atom stereocenters. The van der Waals surface area contributed by atoms with Gasteiger partial charge in [-0.3, -0.25) is 4.98 Å². The number of nitrogens with zero attached hydrogens (tertiary/aromatic N) is 1. The molecule has 0 amide bonds. The summed E-state index contributed by atoms with van der Waals surface area (Å²) < 4.78 is 0. The average molecular weight is 240 g/mol. The third kappa shape index (κ3) is 2.59. The molecule has 1 aromatic carbocycles. The highest BCUT2D eigenvalue weighted by Crippen LogP contribution is 2.24. The van der Waals surface area contributed by atoms with Crippen molar-refractivity contribution in [3.05, 3.63) is 64.0 Å². The van der Waals surface area contributed by atoms with E-state index in [4.69, 9.17) is 5.73 Å². The molecule has 94 valence electrons. The topological polar surface area (TPSA) is 38.9 Å². The van der Waals surface area contributed by atoms with Crippen molar-refractivity contribution in [2.75, 3.05) is 0 Å². The van der Waals surface area contributed by atoms with Gasteiger partial charge in [0.25, 0.3) is 0 Å². The van der Waals surface area contributed by atoms with Crippen LogP contribution in [-0.4, -0.2) is 4.98 Å². The summed E-state index contributed by atoms with van der Waals surface area (Å²) in [6, 6.07) is 10.5. The molecule has 18 heavy (non-hydrogen) atoms. The highest BCUT2D eigenvalue weighted by molar-refractivity contribution is 5.39. The zero-order valence-corrected chi connectivity index (χ0v) is 11.5. The van der Waals surface area contributed by atoms with Gasteiger partial charge in [-0.15, -0.1) is 0 Å². The van der Waals surface area contributed by atoms with Gasteiger partial charge in [-0.2, -0.15) is 0 Å². The monoisotopic (exact) mass is 240 g/mol. The first-order valence-corrected chi connectivity index (χ1v) is 6.25. The minimum atomic E-state index is -0.0784. The molecular formula is C16H20N2. The molecule has 2 rings (SSSR count). The van der Waals surface area contributed by atoms with Gasteiger partial charge in [0.05, 0.1) is 6.04 Å². The summed E-state index contributed by atoms with van der Waals surface area (Å²) in [7, 11) is 0. The van der Waals surface area contributed by atoms with Gasteiger partial charge in [0.1, 0.15) is 0 Å². The summed E-state index contributed by atoms with van der Waals surface area (Å²) in [5.41, 5.74) is 13.2. The van der Waals surface area contributed by atoms with Crippen molar-refractivity contribution < 1.29 is 0 Å². The van der Waals surface area contributed by atoms with E-state index in [0.717, 1.165) is 17.0 Å². The summed E-state index contributed by atoms with van der Waals surface area (Å²) in [5.74, 6) is 0. The third-order valence-electron chi connectivity index (χ3n) is 3.23. The molecule has 0 aliphatic carbocycles. The number of hydrogen-bond acceptors (Lipinski definition) is 2. The van der Waals surface area contributed by atoms with Crippen LogP contribution in [0.1, 0.15) is 39.7 Å². The van der Waals surface area contributed by atoms with Crippen LogP contribution in [0.15, 0.2) is 30.3 Å². The zero-order valence-electron chi connectivity index (χ0n) is 11.5. The number of aryl methyl sites for hydroxylation is 4. The Bertz CT molecular complexity index is 553. The second-order valence-electron chi connectivity index (χ2n) is 5.02. The number of pyridine rings is 1. The predicted molar refractivity (Wildman–Crippen MR) is 75.7 cm³/mol. The summed E-state index contributed by atoms with van der Waals surface area (Å²) >= 11 is 0. The molecular weight excluding hydrogens is 220 g/mol. The Balaban J connectivity index is 2.47. The van der Waals surface area contributed by atoms with E-state index in [-0.39, 0.29) is 6.04 Å². The van der Waals surface area contributed by atoms with Gasteiger partial charge in [0.2, 0.25) is 0 Å². The molecule has 1 heterocycles. The van der Waals surface area contributed by atoms with Crippen LogP contribution < -0.4 is 5.73 Å². The van der Waals surface area contributed by atoms with E-state index < -0.39 is 0 Å². The second-order valence-corrected chi connectivity index (χ2v) is 5.02. The predicted octanol–water partition coefficient (Wildman–Crippen LogP) is 3.36. The number of rotatable bonds is 2. The van der Waals surface area contributed by atoms with Crippen molar-refractivity contribution in [2.45, 2.75) is 33.7 Å². The molecule has 0 spiro atoms. The van der Waals surface area contributed by atoms with E-state index in [1.807, 2.05) is 13.8 Å². The van der Waals surface area contributed by atoms with Gasteiger partial charge in [-0.05, 0) is 56.5 Å². The Labute approximate surface area is 109 Å². The van der Waals surface area contributed by atoms with Gasteiger partial charge in [-0.1, -0.05) is 23.8 Å². The van der Waals surface area contributed by atoms with E-state index in [1.165, 1.54) is 16.7 Å². The molecule has 0 aliphatic heterocycles. The highest BCUT2D eigenvalue weighted by Gasteiger charge is 2.12. The van der Waals surface area contributed by atoms with Crippen LogP contribution in [0, 0.1) is 27.7 Å². The molecule has 0 fully saturated rings. The van der Waals surface area contributed by atoms with Gasteiger partial charge < -0.3 is 5.73 Å².